The maximum atomic E-state index is 12.9. The number of benzene rings is 1. The number of hydrogen-bond acceptors (Lipinski definition) is 3. The highest BCUT2D eigenvalue weighted by Gasteiger charge is 2.33. The van der Waals surface area contributed by atoms with Crippen LogP contribution in [0, 0.1) is 5.92 Å². The van der Waals surface area contributed by atoms with Gasteiger partial charge < -0.3 is 10.2 Å². The van der Waals surface area contributed by atoms with Crippen molar-refractivity contribution in [3.05, 3.63) is 29.8 Å². The molecule has 0 unspecified atom stereocenters. The predicted molar refractivity (Wildman–Crippen MR) is 110 cm³/mol. The van der Waals surface area contributed by atoms with Gasteiger partial charge in [0.1, 0.15) is 0 Å². The number of sulfonamides is 1. The minimum atomic E-state index is -3.48. The van der Waals surface area contributed by atoms with Gasteiger partial charge in [-0.15, -0.1) is 0 Å². The van der Waals surface area contributed by atoms with Gasteiger partial charge in [0.25, 0.3) is 5.91 Å². The van der Waals surface area contributed by atoms with E-state index in [0.29, 0.717) is 43.5 Å². The first-order chi connectivity index (χ1) is 13.1. The molecular weight excluding hydrogens is 374 g/mol. The number of nitrogens with one attached hydrogen (secondary N) is 2. The van der Waals surface area contributed by atoms with Gasteiger partial charge in [-0.2, -0.15) is 4.31 Å². The second-order valence-corrected chi connectivity index (χ2v) is 11.2. The Morgan fingerprint density at radius 2 is 1.75 bits per heavy atom. The topological polar surface area (TPSA) is 70.9 Å². The Kier molecular flexibility index (Phi) is 6.17. The largest absolute Gasteiger partial charge is 0.348 e. The molecule has 2 N–H and O–H groups in total. The van der Waals surface area contributed by atoms with Gasteiger partial charge in [-0.1, -0.05) is 32.9 Å². The van der Waals surface area contributed by atoms with Gasteiger partial charge in [0.2, 0.25) is 10.0 Å². The van der Waals surface area contributed by atoms with Gasteiger partial charge in [0, 0.05) is 6.04 Å². The Balaban J connectivity index is 1.53. The van der Waals surface area contributed by atoms with Crippen LogP contribution in [0.4, 0.5) is 0 Å². The minimum absolute atomic E-state index is 0.00510. The molecule has 1 amide bonds. The number of rotatable bonds is 6. The van der Waals surface area contributed by atoms with Crippen molar-refractivity contribution in [2.45, 2.75) is 56.9 Å². The maximum absolute atomic E-state index is 12.9. The minimum Gasteiger partial charge on any atom is -0.348 e. The molecule has 7 heteroatoms. The lowest BCUT2D eigenvalue weighted by molar-refractivity contribution is -0.895. The van der Waals surface area contributed by atoms with Crippen LogP contribution >= 0.6 is 0 Å². The zero-order valence-electron chi connectivity index (χ0n) is 17.5. The van der Waals surface area contributed by atoms with Crippen molar-refractivity contribution in [2.24, 2.45) is 5.92 Å². The molecule has 1 heterocycles. The molecule has 1 aromatic carbocycles. The normalized spacial score (nSPS) is 20.7. The van der Waals surface area contributed by atoms with Gasteiger partial charge in [-0.25, -0.2) is 8.42 Å². The average molecular weight is 409 g/mol. The van der Waals surface area contributed by atoms with Crippen LogP contribution < -0.4 is 10.2 Å². The molecule has 6 nitrogen and oxygen atoms in total. The number of carbonyl (C=O) groups is 1. The molecule has 28 heavy (non-hydrogen) atoms. The lowest BCUT2D eigenvalue weighted by atomic mass is 9.87. The first kappa shape index (κ1) is 21.3. The summed E-state index contributed by atoms with van der Waals surface area (Å²) >= 11 is 0. The van der Waals surface area contributed by atoms with E-state index in [1.807, 2.05) is 12.1 Å². The molecule has 1 saturated heterocycles. The Morgan fingerprint density at radius 1 is 1.18 bits per heavy atom. The van der Waals surface area contributed by atoms with Crippen molar-refractivity contribution >= 4 is 15.9 Å². The summed E-state index contributed by atoms with van der Waals surface area (Å²) in [5.41, 5.74) is 1.11. The average Bonchev–Trinajstić information content (AvgIpc) is 3.46. The highest BCUT2D eigenvalue weighted by atomic mass is 32.2. The number of amides is 1. The number of hydrogen-bond donors (Lipinski definition) is 2. The van der Waals surface area contributed by atoms with Crippen molar-refractivity contribution < 1.29 is 18.1 Å². The first-order valence-electron chi connectivity index (χ1n) is 10.3. The highest BCUT2D eigenvalue weighted by molar-refractivity contribution is 7.89. The first-order valence-corrected chi connectivity index (χ1v) is 11.7. The molecule has 2 aliphatic rings. The van der Waals surface area contributed by atoms with E-state index in [-0.39, 0.29) is 17.4 Å². The molecule has 2 fully saturated rings. The van der Waals surface area contributed by atoms with Crippen LogP contribution in [0.2, 0.25) is 0 Å². The Labute approximate surface area is 169 Å². The number of nitrogens with zero attached hydrogens (tertiary/aromatic N) is 1. The summed E-state index contributed by atoms with van der Waals surface area (Å²) in [5.74, 6) is 0.717. The number of carbonyl (C=O) groups excluding carboxylic acids is 1. The van der Waals surface area contributed by atoms with Crippen LogP contribution in [0.3, 0.4) is 0 Å². The Bertz CT molecular complexity index is 787. The Morgan fingerprint density at radius 3 is 2.25 bits per heavy atom. The molecule has 1 aromatic rings. The zero-order valence-corrected chi connectivity index (χ0v) is 18.3. The molecule has 1 saturated carbocycles. The van der Waals surface area contributed by atoms with Gasteiger partial charge in [0.05, 0.1) is 31.1 Å². The SMILES string of the molecule is C[C@H](NC(=O)C[NH+]1CCN(S(=O)(=O)c2ccc(C(C)(C)C)cc2)CC1)C1CC1. The Hall–Kier alpha value is -1.44. The van der Waals surface area contributed by atoms with E-state index < -0.39 is 10.0 Å². The van der Waals surface area contributed by atoms with E-state index in [2.05, 4.69) is 33.0 Å². The van der Waals surface area contributed by atoms with Crippen LogP contribution in [0.25, 0.3) is 0 Å². The van der Waals surface area contributed by atoms with E-state index in [0.717, 1.165) is 10.5 Å². The molecule has 0 bridgehead atoms. The molecule has 1 aliphatic carbocycles. The van der Waals surface area contributed by atoms with Gasteiger partial charge in [-0.3, -0.25) is 4.79 Å². The van der Waals surface area contributed by atoms with Gasteiger partial charge >= 0.3 is 0 Å². The van der Waals surface area contributed by atoms with Crippen molar-refractivity contribution in [1.82, 2.24) is 9.62 Å². The standard InChI is InChI=1S/C21H33N3O3S/c1-16(17-5-6-17)22-20(25)15-23-11-13-24(14-12-23)28(26,27)19-9-7-18(8-10-19)21(2,3)4/h7-10,16-17H,5-6,11-15H2,1-4H3,(H,22,25)/p+1/t16-/m0/s1. The second kappa shape index (κ2) is 8.13. The molecule has 0 spiro atoms. The third kappa shape index (κ3) is 5.13. The van der Waals surface area contributed by atoms with Gasteiger partial charge in [0.15, 0.2) is 6.54 Å². The summed E-state index contributed by atoms with van der Waals surface area (Å²) in [4.78, 5) is 13.7. The van der Waals surface area contributed by atoms with Gasteiger partial charge in [-0.05, 0) is 48.8 Å². The summed E-state index contributed by atoms with van der Waals surface area (Å²) in [6, 6.07) is 7.48. The summed E-state index contributed by atoms with van der Waals surface area (Å²) < 4.78 is 27.4. The van der Waals surface area contributed by atoms with Crippen molar-refractivity contribution in [3.63, 3.8) is 0 Å². The van der Waals surface area contributed by atoms with E-state index >= 15 is 0 Å². The molecule has 1 atom stereocenters. The fraction of sp³-hybridized carbons (Fsp3) is 0.667. The van der Waals surface area contributed by atoms with Crippen LogP contribution in [0.15, 0.2) is 29.2 Å². The summed E-state index contributed by atoms with van der Waals surface area (Å²) in [5, 5.41) is 3.08. The van der Waals surface area contributed by atoms with E-state index in [1.165, 1.54) is 12.8 Å². The van der Waals surface area contributed by atoms with Crippen LogP contribution in [-0.2, 0) is 20.2 Å². The lowest BCUT2D eigenvalue weighted by Gasteiger charge is -2.31. The summed E-state index contributed by atoms with van der Waals surface area (Å²) in [6.45, 7) is 11.0. The molecule has 3 rings (SSSR count). The van der Waals surface area contributed by atoms with Crippen molar-refractivity contribution in [2.75, 3.05) is 32.7 Å². The van der Waals surface area contributed by atoms with Crippen molar-refractivity contribution in [3.8, 4) is 0 Å². The van der Waals surface area contributed by atoms with Crippen LogP contribution in [0.5, 0.6) is 0 Å². The monoisotopic (exact) mass is 408 g/mol. The molecular formula is C21H34N3O3S+. The van der Waals surface area contributed by atoms with E-state index in [4.69, 9.17) is 0 Å². The number of quaternary nitrogens is 1. The quantitative estimate of drug-likeness (QED) is 0.731. The summed E-state index contributed by atoms with van der Waals surface area (Å²) in [6.07, 6.45) is 2.42. The third-order valence-electron chi connectivity index (χ3n) is 5.92. The summed E-state index contributed by atoms with van der Waals surface area (Å²) in [7, 11) is -3.48. The van der Waals surface area contributed by atoms with E-state index in [1.54, 1.807) is 16.4 Å². The predicted octanol–water partition coefficient (Wildman–Crippen LogP) is 0.788. The second-order valence-electron chi connectivity index (χ2n) is 9.30. The van der Waals surface area contributed by atoms with Crippen LogP contribution in [-0.4, -0.2) is 57.4 Å². The molecule has 0 aromatic heterocycles. The van der Waals surface area contributed by atoms with Crippen molar-refractivity contribution in [1.29, 1.82) is 0 Å². The smallest absolute Gasteiger partial charge is 0.275 e. The fourth-order valence-corrected chi connectivity index (χ4v) is 5.18. The fourth-order valence-electron chi connectivity index (χ4n) is 3.74. The molecule has 156 valence electrons. The highest BCUT2D eigenvalue weighted by Crippen LogP contribution is 2.32. The lowest BCUT2D eigenvalue weighted by Crippen LogP contribution is -3.15. The van der Waals surface area contributed by atoms with E-state index in [9.17, 15) is 13.2 Å². The third-order valence-corrected chi connectivity index (χ3v) is 7.83. The van der Waals surface area contributed by atoms with Crippen LogP contribution in [0.1, 0.15) is 46.1 Å². The molecule has 1 aliphatic heterocycles. The zero-order chi connectivity index (χ0) is 20.5. The number of piperazine rings is 1. The molecule has 0 radical (unpaired) electrons. The maximum Gasteiger partial charge on any atom is 0.275 e.